The molecule has 0 saturated carbocycles. The molecule has 1 unspecified atom stereocenters. The molecular weight excluding hydrogens is 270 g/mol. The summed E-state index contributed by atoms with van der Waals surface area (Å²) in [5.41, 5.74) is 2.35. The first-order valence-electron chi connectivity index (χ1n) is 6.79. The van der Waals surface area contributed by atoms with Crippen molar-refractivity contribution >= 4 is 11.6 Å². The number of halogens is 1. The Kier molecular flexibility index (Phi) is 5.45. The second kappa shape index (κ2) is 7.32. The van der Waals surface area contributed by atoms with Crippen LogP contribution in [0.4, 0.5) is 0 Å². The molecule has 2 aromatic rings. The van der Waals surface area contributed by atoms with Crippen LogP contribution >= 0.6 is 11.6 Å². The van der Waals surface area contributed by atoms with E-state index in [1.807, 2.05) is 24.3 Å². The van der Waals surface area contributed by atoms with E-state index in [-0.39, 0.29) is 0 Å². The summed E-state index contributed by atoms with van der Waals surface area (Å²) in [5.74, 6) is 1.29. The summed E-state index contributed by atoms with van der Waals surface area (Å²) < 4.78 is 5.34. The molecule has 0 saturated heterocycles. The zero-order valence-corrected chi connectivity index (χ0v) is 12.7. The van der Waals surface area contributed by atoms with Crippen LogP contribution in [0.25, 0.3) is 0 Å². The number of nitrogens with one attached hydrogen (secondary N) is 1. The summed E-state index contributed by atoms with van der Waals surface area (Å²) in [4.78, 5) is 0. The molecular formula is C17H20ClNO. The molecule has 0 aliphatic rings. The Morgan fingerprint density at radius 1 is 1.10 bits per heavy atom. The summed E-state index contributed by atoms with van der Waals surface area (Å²) in [6.07, 6.45) is 0. The number of rotatable bonds is 6. The molecule has 106 valence electrons. The average Bonchev–Trinajstić information content (AvgIpc) is 2.49. The molecule has 2 rings (SSSR count). The number of hydrogen-bond acceptors (Lipinski definition) is 2. The molecule has 20 heavy (non-hydrogen) atoms. The van der Waals surface area contributed by atoms with Crippen LogP contribution in [0.15, 0.2) is 48.5 Å². The van der Waals surface area contributed by atoms with Crippen molar-refractivity contribution < 1.29 is 4.74 Å². The summed E-state index contributed by atoms with van der Waals surface area (Å²) in [6, 6.07) is 16.2. The van der Waals surface area contributed by atoms with E-state index >= 15 is 0 Å². The van der Waals surface area contributed by atoms with Gasteiger partial charge in [0.2, 0.25) is 0 Å². The van der Waals surface area contributed by atoms with E-state index in [0.29, 0.717) is 12.5 Å². The van der Waals surface area contributed by atoms with Crippen molar-refractivity contribution in [1.29, 1.82) is 0 Å². The number of hydrogen-bond donors (Lipinski definition) is 1. The summed E-state index contributed by atoms with van der Waals surface area (Å²) in [7, 11) is 1.67. The first-order chi connectivity index (χ1) is 9.72. The molecule has 2 nitrogen and oxygen atoms in total. The minimum Gasteiger partial charge on any atom is -0.496 e. The van der Waals surface area contributed by atoms with E-state index in [2.05, 4.69) is 36.5 Å². The summed E-state index contributed by atoms with van der Waals surface area (Å²) in [6.45, 7) is 3.82. The monoisotopic (exact) mass is 289 g/mol. The Labute approximate surface area is 125 Å². The SMILES string of the molecule is COc1cccc(Cl)c1CNCC(C)c1ccccc1. The van der Waals surface area contributed by atoms with Gasteiger partial charge in [0.05, 0.1) is 7.11 Å². The van der Waals surface area contributed by atoms with E-state index in [1.165, 1.54) is 5.56 Å². The van der Waals surface area contributed by atoms with Crippen LogP contribution in [-0.4, -0.2) is 13.7 Å². The third kappa shape index (κ3) is 3.75. The van der Waals surface area contributed by atoms with Gasteiger partial charge in [-0.2, -0.15) is 0 Å². The smallest absolute Gasteiger partial charge is 0.124 e. The molecule has 0 aliphatic carbocycles. The first kappa shape index (κ1) is 14.9. The van der Waals surface area contributed by atoms with Crippen molar-refractivity contribution in [2.24, 2.45) is 0 Å². The third-order valence-corrected chi connectivity index (χ3v) is 3.77. The van der Waals surface area contributed by atoms with Gasteiger partial charge >= 0.3 is 0 Å². The van der Waals surface area contributed by atoms with Gasteiger partial charge in [-0.1, -0.05) is 54.9 Å². The Morgan fingerprint density at radius 2 is 1.85 bits per heavy atom. The lowest BCUT2D eigenvalue weighted by molar-refractivity contribution is 0.407. The lowest BCUT2D eigenvalue weighted by Gasteiger charge is -2.15. The number of ether oxygens (including phenoxy) is 1. The molecule has 0 amide bonds. The van der Waals surface area contributed by atoms with Crippen molar-refractivity contribution in [3.05, 3.63) is 64.7 Å². The topological polar surface area (TPSA) is 21.3 Å². The van der Waals surface area contributed by atoms with Crippen LogP contribution in [0.1, 0.15) is 24.0 Å². The molecule has 0 spiro atoms. The molecule has 0 fully saturated rings. The highest BCUT2D eigenvalue weighted by molar-refractivity contribution is 6.31. The second-order valence-corrected chi connectivity index (χ2v) is 5.27. The van der Waals surface area contributed by atoms with Crippen molar-refractivity contribution in [2.45, 2.75) is 19.4 Å². The van der Waals surface area contributed by atoms with Crippen molar-refractivity contribution in [3.8, 4) is 5.75 Å². The van der Waals surface area contributed by atoms with E-state index < -0.39 is 0 Å². The molecule has 0 bridgehead atoms. The molecule has 1 atom stereocenters. The maximum atomic E-state index is 6.22. The maximum Gasteiger partial charge on any atom is 0.124 e. The molecule has 0 radical (unpaired) electrons. The van der Waals surface area contributed by atoms with E-state index in [9.17, 15) is 0 Å². The molecule has 1 N–H and O–H groups in total. The van der Waals surface area contributed by atoms with Crippen LogP contribution in [0, 0.1) is 0 Å². The highest BCUT2D eigenvalue weighted by Gasteiger charge is 2.09. The van der Waals surface area contributed by atoms with E-state index in [4.69, 9.17) is 16.3 Å². The van der Waals surface area contributed by atoms with Crippen LogP contribution in [0.3, 0.4) is 0 Å². The molecule has 2 aromatic carbocycles. The van der Waals surface area contributed by atoms with Gasteiger partial charge in [0.1, 0.15) is 5.75 Å². The van der Waals surface area contributed by atoms with Crippen LogP contribution in [-0.2, 0) is 6.54 Å². The fourth-order valence-corrected chi connectivity index (χ4v) is 2.45. The predicted octanol–water partition coefficient (Wildman–Crippen LogP) is 4.24. The van der Waals surface area contributed by atoms with Crippen LogP contribution in [0.2, 0.25) is 5.02 Å². The van der Waals surface area contributed by atoms with Crippen LogP contribution in [0.5, 0.6) is 5.75 Å². The van der Waals surface area contributed by atoms with Gasteiger partial charge in [-0.05, 0) is 23.6 Å². The van der Waals surface area contributed by atoms with Gasteiger partial charge in [0.15, 0.2) is 0 Å². The Hall–Kier alpha value is -1.51. The highest BCUT2D eigenvalue weighted by Crippen LogP contribution is 2.26. The maximum absolute atomic E-state index is 6.22. The number of methoxy groups -OCH3 is 1. The molecule has 3 heteroatoms. The minimum absolute atomic E-state index is 0.463. The van der Waals surface area contributed by atoms with Gasteiger partial charge in [-0.3, -0.25) is 0 Å². The van der Waals surface area contributed by atoms with Gasteiger partial charge in [-0.25, -0.2) is 0 Å². The van der Waals surface area contributed by atoms with Crippen LogP contribution < -0.4 is 10.1 Å². The van der Waals surface area contributed by atoms with Crippen molar-refractivity contribution in [3.63, 3.8) is 0 Å². The number of benzene rings is 2. The first-order valence-corrected chi connectivity index (χ1v) is 7.17. The largest absolute Gasteiger partial charge is 0.496 e. The standard InChI is InChI=1S/C17H20ClNO/c1-13(14-7-4-3-5-8-14)11-19-12-15-16(18)9-6-10-17(15)20-2/h3-10,13,19H,11-12H2,1-2H3. The fourth-order valence-electron chi connectivity index (χ4n) is 2.21. The van der Waals surface area contributed by atoms with Gasteiger partial charge in [0, 0.05) is 23.7 Å². The average molecular weight is 290 g/mol. The summed E-state index contributed by atoms with van der Waals surface area (Å²) >= 11 is 6.22. The van der Waals surface area contributed by atoms with Gasteiger partial charge in [-0.15, -0.1) is 0 Å². The minimum atomic E-state index is 0.463. The molecule has 0 aliphatic heterocycles. The molecule has 0 heterocycles. The van der Waals surface area contributed by atoms with E-state index in [1.54, 1.807) is 7.11 Å². The third-order valence-electron chi connectivity index (χ3n) is 3.42. The zero-order chi connectivity index (χ0) is 14.4. The van der Waals surface area contributed by atoms with E-state index in [0.717, 1.165) is 22.9 Å². The fraction of sp³-hybridized carbons (Fsp3) is 0.294. The van der Waals surface area contributed by atoms with Gasteiger partial charge in [0.25, 0.3) is 0 Å². The predicted molar refractivity (Wildman–Crippen MR) is 84.6 cm³/mol. The normalized spacial score (nSPS) is 12.2. The Balaban J connectivity index is 1.93. The lowest BCUT2D eigenvalue weighted by atomic mass is 10.0. The molecule has 0 aromatic heterocycles. The van der Waals surface area contributed by atoms with Crippen molar-refractivity contribution in [1.82, 2.24) is 5.32 Å². The highest BCUT2D eigenvalue weighted by atomic mass is 35.5. The zero-order valence-electron chi connectivity index (χ0n) is 11.9. The summed E-state index contributed by atoms with van der Waals surface area (Å²) in [5, 5.41) is 4.19. The Morgan fingerprint density at radius 3 is 2.55 bits per heavy atom. The lowest BCUT2D eigenvalue weighted by Crippen LogP contribution is -2.20. The quantitative estimate of drug-likeness (QED) is 0.859. The van der Waals surface area contributed by atoms with Crippen molar-refractivity contribution in [2.75, 3.05) is 13.7 Å². The Bertz CT molecular complexity index is 542. The second-order valence-electron chi connectivity index (χ2n) is 4.86. The van der Waals surface area contributed by atoms with Gasteiger partial charge < -0.3 is 10.1 Å².